The van der Waals surface area contributed by atoms with Gasteiger partial charge in [0.15, 0.2) is 0 Å². The second-order valence-corrected chi connectivity index (χ2v) is 7.49. The summed E-state index contributed by atoms with van der Waals surface area (Å²) in [5.41, 5.74) is 0.985. The molecule has 1 saturated carbocycles. The summed E-state index contributed by atoms with van der Waals surface area (Å²) < 4.78 is 0. The zero-order valence-corrected chi connectivity index (χ0v) is 15.2. The van der Waals surface area contributed by atoms with Crippen molar-refractivity contribution in [1.29, 1.82) is 5.26 Å². The van der Waals surface area contributed by atoms with Crippen LogP contribution in [0.2, 0.25) is 0 Å². The number of unbranched alkanes of at least 4 members (excludes halogenated alkanes) is 1. The molecule has 1 aromatic rings. The van der Waals surface area contributed by atoms with Gasteiger partial charge in [0.25, 0.3) is 0 Å². The van der Waals surface area contributed by atoms with E-state index in [1.165, 1.54) is 56.9 Å². The van der Waals surface area contributed by atoms with Crippen molar-refractivity contribution in [3.63, 3.8) is 0 Å². The summed E-state index contributed by atoms with van der Waals surface area (Å²) in [6.07, 6.45) is 9.78. The molecule has 126 valence electrons. The van der Waals surface area contributed by atoms with Crippen molar-refractivity contribution in [2.75, 3.05) is 0 Å². The summed E-state index contributed by atoms with van der Waals surface area (Å²) in [6, 6.07) is 13.6. The third kappa shape index (κ3) is 3.63. The van der Waals surface area contributed by atoms with Crippen LogP contribution in [0, 0.1) is 29.1 Å². The Kier molecular flexibility index (Phi) is 6.70. The molecule has 0 amide bonds. The first-order chi connectivity index (χ1) is 11.2. The highest BCUT2D eigenvalue weighted by Crippen LogP contribution is 2.51. The monoisotopic (exact) mass is 311 g/mol. The molecule has 2 rings (SSSR count). The molecule has 0 aliphatic heterocycles. The maximum atomic E-state index is 10.5. The molecular weight excluding hydrogens is 278 g/mol. The van der Waals surface area contributed by atoms with Gasteiger partial charge in [-0.15, -0.1) is 0 Å². The molecule has 1 fully saturated rings. The van der Waals surface area contributed by atoms with Crippen molar-refractivity contribution < 1.29 is 0 Å². The quantitative estimate of drug-likeness (QED) is 0.538. The number of hydrogen-bond donors (Lipinski definition) is 0. The summed E-state index contributed by atoms with van der Waals surface area (Å²) in [6.45, 7) is 6.90. The Morgan fingerprint density at radius 1 is 1.13 bits per heavy atom. The molecule has 0 N–H and O–H groups in total. The lowest BCUT2D eigenvalue weighted by Gasteiger charge is -2.42. The standard InChI is InChI=1S/C22H33N/c1-4-6-13-19(11-5-2)22(17-23,20-14-8-7-9-15-20)21-16-10-12-18(21)3/h7-9,14-15,18-19,21H,4-6,10-13,16H2,1-3H3. The molecule has 1 nitrogen and oxygen atoms in total. The van der Waals surface area contributed by atoms with Gasteiger partial charge >= 0.3 is 0 Å². The molecule has 0 heterocycles. The summed E-state index contributed by atoms with van der Waals surface area (Å²) in [5.74, 6) is 1.67. The smallest absolute Gasteiger partial charge is 0.0880 e. The topological polar surface area (TPSA) is 23.8 Å². The van der Waals surface area contributed by atoms with E-state index < -0.39 is 0 Å². The van der Waals surface area contributed by atoms with Crippen molar-refractivity contribution in [3.8, 4) is 6.07 Å². The first-order valence-corrected chi connectivity index (χ1v) is 9.67. The van der Waals surface area contributed by atoms with E-state index in [1.54, 1.807) is 0 Å². The Morgan fingerprint density at radius 3 is 2.39 bits per heavy atom. The Hall–Kier alpha value is -1.29. The molecule has 0 bridgehead atoms. The number of nitriles is 1. The average Bonchev–Trinajstić information content (AvgIpc) is 3.01. The van der Waals surface area contributed by atoms with Gasteiger partial charge in [-0.05, 0) is 42.6 Å². The minimum atomic E-state index is -0.289. The first-order valence-electron chi connectivity index (χ1n) is 9.67. The van der Waals surface area contributed by atoms with Gasteiger partial charge in [0.2, 0.25) is 0 Å². The largest absolute Gasteiger partial charge is 0.197 e. The van der Waals surface area contributed by atoms with Gasteiger partial charge in [-0.1, -0.05) is 83.2 Å². The number of benzene rings is 1. The summed E-state index contributed by atoms with van der Waals surface area (Å²) in [4.78, 5) is 0. The highest BCUT2D eigenvalue weighted by molar-refractivity contribution is 5.36. The minimum Gasteiger partial charge on any atom is -0.197 e. The zero-order chi connectivity index (χ0) is 16.7. The third-order valence-corrected chi connectivity index (χ3v) is 6.07. The van der Waals surface area contributed by atoms with Crippen LogP contribution in [0.1, 0.15) is 77.7 Å². The fraction of sp³-hybridized carbons (Fsp3) is 0.682. The number of hydrogen-bond acceptors (Lipinski definition) is 1. The molecule has 1 aliphatic rings. The molecule has 4 unspecified atom stereocenters. The van der Waals surface area contributed by atoms with Crippen LogP contribution in [0.5, 0.6) is 0 Å². The van der Waals surface area contributed by atoms with Gasteiger partial charge in [0.05, 0.1) is 11.5 Å². The number of nitrogens with zero attached hydrogens (tertiary/aromatic N) is 1. The van der Waals surface area contributed by atoms with Gasteiger partial charge in [-0.2, -0.15) is 5.26 Å². The van der Waals surface area contributed by atoms with Crippen molar-refractivity contribution in [3.05, 3.63) is 35.9 Å². The molecular formula is C22H33N. The first kappa shape index (κ1) is 18.1. The molecule has 0 saturated heterocycles. The summed E-state index contributed by atoms with van der Waals surface area (Å²) in [5, 5.41) is 10.5. The highest BCUT2D eigenvalue weighted by Gasteiger charge is 2.49. The van der Waals surface area contributed by atoms with Crippen LogP contribution in [0.4, 0.5) is 0 Å². The van der Waals surface area contributed by atoms with Crippen molar-refractivity contribution in [2.45, 2.75) is 77.6 Å². The summed E-state index contributed by atoms with van der Waals surface area (Å²) >= 11 is 0. The van der Waals surface area contributed by atoms with Gasteiger partial charge in [0, 0.05) is 0 Å². The van der Waals surface area contributed by atoms with Crippen LogP contribution < -0.4 is 0 Å². The fourth-order valence-corrected chi connectivity index (χ4v) is 4.93. The Bertz CT molecular complexity index is 500. The lowest BCUT2D eigenvalue weighted by Crippen LogP contribution is -2.42. The maximum Gasteiger partial charge on any atom is 0.0880 e. The predicted molar refractivity (Wildman–Crippen MR) is 98.2 cm³/mol. The van der Waals surface area contributed by atoms with Crippen LogP contribution in [0.15, 0.2) is 30.3 Å². The molecule has 0 aromatic heterocycles. The second-order valence-electron chi connectivity index (χ2n) is 7.49. The van der Waals surface area contributed by atoms with Crippen LogP contribution in [-0.2, 0) is 5.41 Å². The van der Waals surface area contributed by atoms with Gasteiger partial charge < -0.3 is 0 Å². The van der Waals surface area contributed by atoms with E-state index in [1.807, 2.05) is 0 Å². The van der Waals surface area contributed by atoms with Crippen molar-refractivity contribution >= 4 is 0 Å². The molecule has 1 heteroatoms. The molecule has 0 radical (unpaired) electrons. The zero-order valence-electron chi connectivity index (χ0n) is 15.2. The van der Waals surface area contributed by atoms with E-state index in [2.05, 4.69) is 57.2 Å². The van der Waals surface area contributed by atoms with E-state index in [0.29, 0.717) is 17.8 Å². The van der Waals surface area contributed by atoms with Crippen molar-refractivity contribution in [1.82, 2.24) is 0 Å². The van der Waals surface area contributed by atoms with E-state index in [4.69, 9.17) is 0 Å². The van der Waals surface area contributed by atoms with Gasteiger partial charge in [0.1, 0.15) is 0 Å². The maximum absolute atomic E-state index is 10.5. The highest BCUT2D eigenvalue weighted by atomic mass is 14.5. The predicted octanol–water partition coefficient (Wildman–Crippen LogP) is 6.49. The van der Waals surface area contributed by atoms with Crippen LogP contribution >= 0.6 is 0 Å². The molecule has 1 aliphatic carbocycles. The van der Waals surface area contributed by atoms with Gasteiger partial charge in [-0.25, -0.2) is 0 Å². The molecule has 4 atom stereocenters. The Morgan fingerprint density at radius 2 is 1.87 bits per heavy atom. The lowest BCUT2D eigenvalue weighted by molar-refractivity contribution is 0.172. The Labute approximate surface area is 143 Å². The van der Waals surface area contributed by atoms with E-state index in [-0.39, 0.29) is 5.41 Å². The third-order valence-electron chi connectivity index (χ3n) is 6.07. The van der Waals surface area contributed by atoms with Gasteiger partial charge in [-0.3, -0.25) is 0 Å². The minimum absolute atomic E-state index is 0.289. The van der Waals surface area contributed by atoms with Crippen LogP contribution in [-0.4, -0.2) is 0 Å². The summed E-state index contributed by atoms with van der Waals surface area (Å²) in [7, 11) is 0. The molecule has 1 aromatic carbocycles. The SMILES string of the molecule is CCCCC(CCC)C(C#N)(c1ccccc1)C1CCCC1C. The average molecular weight is 312 g/mol. The van der Waals surface area contributed by atoms with E-state index in [0.717, 1.165) is 0 Å². The lowest BCUT2D eigenvalue weighted by atomic mass is 9.58. The van der Waals surface area contributed by atoms with E-state index in [9.17, 15) is 5.26 Å². The Balaban J connectivity index is 2.50. The second kappa shape index (κ2) is 8.53. The van der Waals surface area contributed by atoms with Crippen molar-refractivity contribution in [2.24, 2.45) is 17.8 Å². The molecule has 23 heavy (non-hydrogen) atoms. The number of rotatable bonds is 8. The molecule has 0 spiro atoms. The fourth-order valence-electron chi connectivity index (χ4n) is 4.93. The van der Waals surface area contributed by atoms with E-state index >= 15 is 0 Å². The normalized spacial score (nSPS) is 24.8. The van der Waals surface area contributed by atoms with Crippen LogP contribution in [0.25, 0.3) is 0 Å². The van der Waals surface area contributed by atoms with Crippen LogP contribution in [0.3, 0.4) is 0 Å².